The summed E-state index contributed by atoms with van der Waals surface area (Å²) in [6.45, 7) is 0. The fraction of sp³-hybridized carbons (Fsp3) is 0.385. The molecule has 0 bridgehead atoms. The van der Waals surface area contributed by atoms with E-state index in [2.05, 4.69) is 0 Å². The Morgan fingerprint density at radius 2 is 0.844 bits per heavy atom. The maximum atomic E-state index is 13.0. The van der Waals surface area contributed by atoms with Gasteiger partial charge >= 0.3 is 0 Å². The maximum absolute atomic E-state index is 13.0. The Bertz CT molecular complexity index is 1090. The zero-order valence-electron chi connectivity index (χ0n) is 17.8. The summed E-state index contributed by atoms with van der Waals surface area (Å²) >= 11 is 0. The fourth-order valence-corrected chi connectivity index (χ4v) is 5.87. The van der Waals surface area contributed by atoms with Crippen LogP contribution in [0.2, 0.25) is 0 Å². The van der Waals surface area contributed by atoms with E-state index in [-0.39, 0.29) is 35.7 Å². The Morgan fingerprint density at radius 1 is 0.500 bits per heavy atom. The second-order valence-corrected chi connectivity index (χ2v) is 9.36. The van der Waals surface area contributed by atoms with Gasteiger partial charge in [-0.15, -0.1) is 0 Å². The number of carbonyl (C=O) groups is 4. The molecule has 2 saturated carbocycles. The highest BCUT2D eigenvalue weighted by Crippen LogP contribution is 2.36. The maximum Gasteiger partial charge on any atom is 0.261 e. The molecule has 0 N–H and O–H groups in total. The second kappa shape index (κ2) is 7.12. The normalized spacial score (nSPS) is 21.2. The van der Waals surface area contributed by atoms with Gasteiger partial charge in [-0.05, 0) is 61.1 Å². The first-order valence-corrected chi connectivity index (χ1v) is 11.6. The largest absolute Gasteiger partial charge is 0.271 e. The first-order chi connectivity index (χ1) is 15.5. The van der Waals surface area contributed by atoms with Crippen molar-refractivity contribution in [3.05, 3.63) is 58.7 Å². The van der Waals surface area contributed by atoms with E-state index < -0.39 is 0 Å². The van der Waals surface area contributed by atoms with Crippen molar-refractivity contribution in [3.8, 4) is 11.1 Å². The molecule has 2 fully saturated rings. The third kappa shape index (κ3) is 2.71. The Kier molecular flexibility index (Phi) is 4.32. The van der Waals surface area contributed by atoms with Gasteiger partial charge in [0, 0.05) is 12.1 Å². The molecule has 6 nitrogen and oxygen atoms in total. The number of fused-ring (bicyclic) bond motifs is 2. The fourth-order valence-electron chi connectivity index (χ4n) is 5.87. The molecule has 0 unspecified atom stereocenters. The average Bonchev–Trinajstić information content (AvgIpc) is 3.59. The van der Waals surface area contributed by atoms with Gasteiger partial charge in [0.2, 0.25) is 0 Å². The van der Waals surface area contributed by atoms with Crippen molar-refractivity contribution >= 4 is 23.6 Å². The van der Waals surface area contributed by atoms with Gasteiger partial charge in [0.1, 0.15) is 0 Å². The van der Waals surface area contributed by atoms with Crippen LogP contribution in [0.1, 0.15) is 92.8 Å². The predicted molar refractivity (Wildman–Crippen MR) is 117 cm³/mol. The molecular formula is C26H24N2O4. The van der Waals surface area contributed by atoms with Crippen molar-refractivity contribution in [2.75, 3.05) is 0 Å². The Hall–Kier alpha value is -3.28. The minimum atomic E-state index is -0.224. The van der Waals surface area contributed by atoms with Crippen LogP contribution in [-0.4, -0.2) is 45.5 Å². The molecule has 2 aliphatic heterocycles. The lowest BCUT2D eigenvalue weighted by Gasteiger charge is -2.21. The molecule has 6 rings (SSSR count). The van der Waals surface area contributed by atoms with Crippen molar-refractivity contribution in [2.24, 2.45) is 0 Å². The Labute approximate surface area is 186 Å². The number of rotatable bonds is 3. The molecule has 0 spiro atoms. The van der Waals surface area contributed by atoms with Crippen LogP contribution in [0.25, 0.3) is 11.1 Å². The van der Waals surface area contributed by atoms with Gasteiger partial charge in [0.25, 0.3) is 23.6 Å². The monoisotopic (exact) mass is 428 g/mol. The highest BCUT2D eigenvalue weighted by Gasteiger charge is 2.42. The number of hydrogen-bond acceptors (Lipinski definition) is 4. The lowest BCUT2D eigenvalue weighted by Crippen LogP contribution is -2.38. The summed E-state index contributed by atoms with van der Waals surface area (Å²) in [5, 5.41) is 0. The summed E-state index contributed by atoms with van der Waals surface area (Å²) in [4.78, 5) is 54.7. The van der Waals surface area contributed by atoms with Crippen molar-refractivity contribution < 1.29 is 19.2 Å². The minimum absolute atomic E-state index is 0.00366. The lowest BCUT2D eigenvalue weighted by atomic mass is 9.97. The zero-order chi connectivity index (χ0) is 22.0. The molecule has 162 valence electrons. The average molecular weight is 428 g/mol. The molecule has 0 radical (unpaired) electrons. The quantitative estimate of drug-likeness (QED) is 0.678. The van der Waals surface area contributed by atoms with Crippen LogP contribution in [0.3, 0.4) is 0 Å². The number of amides is 4. The van der Waals surface area contributed by atoms with Crippen molar-refractivity contribution in [2.45, 2.75) is 63.5 Å². The Morgan fingerprint density at radius 3 is 1.22 bits per heavy atom. The molecule has 32 heavy (non-hydrogen) atoms. The summed E-state index contributed by atoms with van der Waals surface area (Å²) in [7, 11) is 0. The Balaban J connectivity index is 1.34. The summed E-state index contributed by atoms with van der Waals surface area (Å²) in [6.07, 6.45) is 7.67. The minimum Gasteiger partial charge on any atom is -0.271 e. The molecule has 2 aromatic rings. The predicted octanol–water partition coefficient (Wildman–Crippen LogP) is 4.43. The molecule has 2 aromatic carbocycles. The SMILES string of the molecule is O=C1c2ccc(-c3ccc4c(c3)C(=O)N(C3CCCC3)C4=O)cc2C(=O)N1C1CCCC1. The standard InChI is InChI=1S/C26H24N2O4/c29-23-19-11-9-15(13-21(19)25(31)27(23)17-5-1-2-6-17)16-10-12-20-22(14-16)26(32)28(24(20)30)18-7-3-4-8-18/h9-14,17-18H,1-8H2. The molecule has 0 saturated heterocycles. The summed E-state index contributed by atoms with van der Waals surface area (Å²) in [6, 6.07) is 10.6. The van der Waals surface area contributed by atoms with E-state index in [0.29, 0.717) is 22.3 Å². The molecule has 0 aromatic heterocycles. The number of nitrogens with zero attached hydrogens (tertiary/aromatic N) is 2. The van der Waals surface area contributed by atoms with Gasteiger partial charge in [-0.25, -0.2) is 0 Å². The van der Waals surface area contributed by atoms with Crippen molar-refractivity contribution in [1.82, 2.24) is 9.80 Å². The zero-order valence-corrected chi connectivity index (χ0v) is 17.8. The molecule has 0 atom stereocenters. The van der Waals surface area contributed by atoms with E-state index in [1.54, 1.807) is 24.3 Å². The van der Waals surface area contributed by atoms with Crippen LogP contribution in [0.15, 0.2) is 36.4 Å². The van der Waals surface area contributed by atoms with E-state index in [1.807, 2.05) is 12.1 Å². The third-order valence-electron chi connectivity index (χ3n) is 7.55. The van der Waals surface area contributed by atoms with Gasteiger partial charge in [0.15, 0.2) is 0 Å². The molecule has 6 heteroatoms. The van der Waals surface area contributed by atoms with Crippen LogP contribution in [0, 0.1) is 0 Å². The first-order valence-electron chi connectivity index (χ1n) is 11.6. The lowest BCUT2D eigenvalue weighted by molar-refractivity contribution is 0.0572. The second-order valence-electron chi connectivity index (χ2n) is 9.36. The smallest absolute Gasteiger partial charge is 0.261 e. The van der Waals surface area contributed by atoms with Gasteiger partial charge in [-0.1, -0.05) is 37.8 Å². The third-order valence-corrected chi connectivity index (χ3v) is 7.55. The molecular weight excluding hydrogens is 404 g/mol. The van der Waals surface area contributed by atoms with Gasteiger partial charge in [-0.2, -0.15) is 0 Å². The van der Waals surface area contributed by atoms with Crippen LogP contribution >= 0.6 is 0 Å². The summed E-state index contributed by atoms with van der Waals surface area (Å²) < 4.78 is 0. The summed E-state index contributed by atoms with van der Waals surface area (Å²) in [5.74, 6) is -0.854. The topological polar surface area (TPSA) is 74.8 Å². The van der Waals surface area contributed by atoms with Crippen molar-refractivity contribution in [3.63, 3.8) is 0 Å². The molecule has 4 amide bonds. The van der Waals surface area contributed by atoms with E-state index in [4.69, 9.17) is 0 Å². The van der Waals surface area contributed by atoms with Crippen LogP contribution in [0.4, 0.5) is 0 Å². The van der Waals surface area contributed by atoms with E-state index in [9.17, 15) is 19.2 Å². The summed E-state index contributed by atoms with van der Waals surface area (Å²) in [5.41, 5.74) is 3.28. The number of carbonyl (C=O) groups excluding carboxylic acids is 4. The van der Waals surface area contributed by atoms with E-state index >= 15 is 0 Å². The van der Waals surface area contributed by atoms with Crippen LogP contribution < -0.4 is 0 Å². The van der Waals surface area contributed by atoms with Crippen LogP contribution in [0.5, 0.6) is 0 Å². The number of imide groups is 2. The number of hydrogen-bond donors (Lipinski definition) is 0. The molecule has 4 aliphatic rings. The van der Waals surface area contributed by atoms with Crippen LogP contribution in [-0.2, 0) is 0 Å². The van der Waals surface area contributed by atoms with Crippen molar-refractivity contribution in [1.29, 1.82) is 0 Å². The molecule has 2 aliphatic carbocycles. The molecule has 2 heterocycles. The highest BCUT2D eigenvalue weighted by atomic mass is 16.2. The van der Waals surface area contributed by atoms with E-state index in [1.165, 1.54) is 9.80 Å². The highest BCUT2D eigenvalue weighted by molar-refractivity contribution is 6.23. The van der Waals surface area contributed by atoms with Gasteiger partial charge in [-0.3, -0.25) is 29.0 Å². The number of benzene rings is 2. The van der Waals surface area contributed by atoms with Gasteiger partial charge < -0.3 is 0 Å². The first kappa shape index (κ1) is 19.4. The van der Waals surface area contributed by atoms with E-state index in [0.717, 1.165) is 62.5 Å². The van der Waals surface area contributed by atoms with Gasteiger partial charge in [0.05, 0.1) is 22.3 Å².